The second kappa shape index (κ2) is 4.49. The minimum atomic E-state index is 0.188. The molecule has 0 aromatic carbocycles. The van der Waals surface area contributed by atoms with Crippen LogP contribution in [0.2, 0.25) is 0 Å². The van der Waals surface area contributed by atoms with Gasteiger partial charge in [-0.1, -0.05) is 0 Å². The van der Waals surface area contributed by atoms with Crippen LogP contribution < -0.4 is 5.32 Å². The van der Waals surface area contributed by atoms with Crippen LogP contribution in [0.4, 0.5) is 0 Å². The first kappa shape index (κ1) is 12.4. The van der Waals surface area contributed by atoms with Gasteiger partial charge in [0.25, 0.3) is 0 Å². The molecule has 4 nitrogen and oxygen atoms in total. The molecule has 0 radical (unpaired) electrons. The van der Waals surface area contributed by atoms with Crippen molar-refractivity contribution in [2.75, 3.05) is 26.2 Å². The quantitative estimate of drug-likeness (QED) is 0.757. The molecular weight excluding hydrogens is 228 g/mol. The largest absolute Gasteiger partial charge is 0.375 e. The Bertz CT molecular complexity index is 339. The summed E-state index contributed by atoms with van der Waals surface area (Å²) in [6, 6.07) is 0.244. The first-order chi connectivity index (χ1) is 8.62. The number of ether oxygens (including phenoxy) is 1. The Hall–Kier alpha value is -0.610. The Morgan fingerprint density at radius 1 is 1.33 bits per heavy atom. The molecule has 0 aromatic rings. The van der Waals surface area contributed by atoms with Gasteiger partial charge in [0, 0.05) is 12.5 Å². The number of nitrogens with one attached hydrogen (secondary N) is 1. The third-order valence-corrected chi connectivity index (χ3v) is 4.98. The second-order valence-corrected chi connectivity index (χ2v) is 6.35. The third kappa shape index (κ3) is 2.05. The van der Waals surface area contributed by atoms with Gasteiger partial charge in [0.05, 0.1) is 18.8 Å². The summed E-state index contributed by atoms with van der Waals surface area (Å²) in [6.45, 7) is 7.78. The van der Waals surface area contributed by atoms with Gasteiger partial charge in [-0.15, -0.1) is 0 Å². The van der Waals surface area contributed by atoms with Crippen molar-refractivity contribution in [1.29, 1.82) is 0 Å². The third-order valence-electron chi connectivity index (χ3n) is 4.98. The van der Waals surface area contributed by atoms with E-state index in [9.17, 15) is 4.79 Å². The average Bonchev–Trinajstić information content (AvgIpc) is 3.06. The van der Waals surface area contributed by atoms with Crippen LogP contribution in [0.15, 0.2) is 0 Å². The lowest BCUT2D eigenvalue weighted by atomic mass is 9.91. The minimum absolute atomic E-state index is 0.188. The number of morpholine rings is 1. The van der Waals surface area contributed by atoms with Gasteiger partial charge < -0.3 is 15.0 Å². The van der Waals surface area contributed by atoms with Crippen LogP contribution in [0.5, 0.6) is 0 Å². The van der Waals surface area contributed by atoms with Crippen molar-refractivity contribution in [3.05, 3.63) is 0 Å². The van der Waals surface area contributed by atoms with Crippen LogP contribution in [0, 0.1) is 11.3 Å². The maximum absolute atomic E-state index is 12.6. The molecule has 1 saturated carbocycles. The first-order valence-corrected chi connectivity index (χ1v) is 7.25. The molecule has 3 aliphatic rings. The van der Waals surface area contributed by atoms with E-state index in [1.807, 2.05) is 0 Å². The van der Waals surface area contributed by atoms with Crippen LogP contribution in [0.25, 0.3) is 0 Å². The van der Waals surface area contributed by atoms with Crippen molar-refractivity contribution >= 4 is 5.91 Å². The van der Waals surface area contributed by atoms with Crippen molar-refractivity contribution in [2.45, 2.75) is 45.3 Å². The average molecular weight is 252 g/mol. The van der Waals surface area contributed by atoms with Crippen LogP contribution in [-0.4, -0.2) is 49.2 Å². The molecule has 4 heteroatoms. The number of carbonyl (C=O) groups is 1. The fourth-order valence-corrected chi connectivity index (χ4v) is 3.58. The Morgan fingerprint density at radius 2 is 2.06 bits per heavy atom. The number of hydrogen-bond acceptors (Lipinski definition) is 3. The van der Waals surface area contributed by atoms with Gasteiger partial charge in [0.15, 0.2) is 0 Å². The number of hydrogen-bond donors (Lipinski definition) is 1. The van der Waals surface area contributed by atoms with E-state index in [1.165, 1.54) is 12.8 Å². The van der Waals surface area contributed by atoms with E-state index in [0.29, 0.717) is 23.8 Å². The highest BCUT2D eigenvalue weighted by atomic mass is 16.5. The van der Waals surface area contributed by atoms with Crippen molar-refractivity contribution in [3.8, 4) is 0 Å². The number of amides is 1. The summed E-state index contributed by atoms with van der Waals surface area (Å²) in [5.74, 6) is 0.687. The summed E-state index contributed by atoms with van der Waals surface area (Å²) in [5, 5.41) is 3.39. The maximum Gasteiger partial charge on any atom is 0.226 e. The van der Waals surface area contributed by atoms with Gasteiger partial charge in [-0.3, -0.25) is 4.79 Å². The molecule has 3 atom stereocenters. The molecule has 1 spiro atoms. The van der Waals surface area contributed by atoms with E-state index in [2.05, 4.69) is 24.1 Å². The van der Waals surface area contributed by atoms with Gasteiger partial charge in [0.1, 0.15) is 0 Å². The highest BCUT2D eigenvalue weighted by Crippen LogP contribution is 2.59. The zero-order valence-electron chi connectivity index (χ0n) is 11.4. The molecular formula is C14H24N2O2. The number of nitrogens with zero attached hydrogens (tertiary/aromatic N) is 1. The highest BCUT2D eigenvalue weighted by Gasteiger charge is 2.59. The van der Waals surface area contributed by atoms with E-state index in [4.69, 9.17) is 4.74 Å². The van der Waals surface area contributed by atoms with Gasteiger partial charge in [-0.2, -0.15) is 0 Å². The lowest BCUT2D eigenvalue weighted by Gasteiger charge is -2.37. The highest BCUT2D eigenvalue weighted by molar-refractivity contribution is 5.83. The van der Waals surface area contributed by atoms with E-state index in [0.717, 1.165) is 26.1 Å². The summed E-state index contributed by atoms with van der Waals surface area (Å²) in [6.07, 6.45) is 3.66. The van der Waals surface area contributed by atoms with Crippen molar-refractivity contribution < 1.29 is 9.53 Å². The first-order valence-electron chi connectivity index (χ1n) is 7.25. The van der Waals surface area contributed by atoms with E-state index in [1.54, 1.807) is 0 Å². The Labute approximate surface area is 109 Å². The number of rotatable bonds is 1. The Morgan fingerprint density at radius 3 is 2.78 bits per heavy atom. The minimum Gasteiger partial charge on any atom is -0.375 e. The SMILES string of the molecule is C[C@@H]1CN(C(=O)[C@@H]2CC23CCNCC3)[C@@H](C)CO1. The Kier molecular flexibility index (Phi) is 3.10. The topological polar surface area (TPSA) is 41.6 Å². The summed E-state index contributed by atoms with van der Waals surface area (Å²) in [7, 11) is 0. The second-order valence-electron chi connectivity index (χ2n) is 6.35. The summed E-state index contributed by atoms with van der Waals surface area (Å²) in [4.78, 5) is 14.7. The molecule has 1 aliphatic carbocycles. The normalized spacial score (nSPS) is 38.8. The molecule has 2 aliphatic heterocycles. The number of piperidine rings is 1. The molecule has 0 bridgehead atoms. The van der Waals surface area contributed by atoms with Gasteiger partial charge >= 0.3 is 0 Å². The molecule has 0 aromatic heterocycles. The van der Waals surface area contributed by atoms with E-state index in [-0.39, 0.29) is 12.1 Å². The molecule has 2 heterocycles. The fourth-order valence-electron chi connectivity index (χ4n) is 3.58. The molecule has 3 rings (SSSR count). The van der Waals surface area contributed by atoms with Crippen molar-refractivity contribution in [1.82, 2.24) is 10.2 Å². The molecule has 3 fully saturated rings. The van der Waals surface area contributed by atoms with Crippen LogP contribution in [0.1, 0.15) is 33.1 Å². The van der Waals surface area contributed by atoms with E-state index < -0.39 is 0 Å². The van der Waals surface area contributed by atoms with Gasteiger partial charge in [0.2, 0.25) is 5.91 Å². The molecule has 1 amide bonds. The van der Waals surface area contributed by atoms with Gasteiger partial charge in [-0.05, 0) is 51.6 Å². The monoisotopic (exact) mass is 252 g/mol. The van der Waals surface area contributed by atoms with Crippen LogP contribution in [0.3, 0.4) is 0 Å². The van der Waals surface area contributed by atoms with E-state index >= 15 is 0 Å². The summed E-state index contributed by atoms with van der Waals surface area (Å²) in [5.41, 5.74) is 0.351. The van der Waals surface area contributed by atoms with Crippen molar-refractivity contribution in [2.24, 2.45) is 11.3 Å². The molecule has 0 unspecified atom stereocenters. The maximum atomic E-state index is 12.6. The molecule has 1 N–H and O–H groups in total. The predicted octanol–water partition coefficient (Wildman–Crippen LogP) is 1.01. The van der Waals surface area contributed by atoms with Crippen LogP contribution in [-0.2, 0) is 9.53 Å². The lowest BCUT2D eigenvalue weighted by molar-refractivity contribution is -0.145. The molecule has 18 heavy (non-hydrogen) atoms. The summed E-state index contributed by atoms with van der Waals surface area (Å²) >= 11 is 0. The predicted molar refractivity (Wildman–Crippen MR) is 69.2 cm³/mol. The smallest absolute Gasteiger partial charge is 0.226 e. The standard InChI is InChI=1S/C14H24N2O2/c1-10-9-18-11(2)8-16(10)13(17)12-7-14(12)3-5-15-6-4-14/h10-12,15H,3-9H2,1-2H3/t10-,11+,12-/m0/s1. The number of carbonyl (C=O) groups excluding carboxylic acids is 1. The summed E-state index contributed by atoms with van der Waals surface area (Å²) < 4.78 is 5.60. The fraction of sp³-hybridized carbons (Fsp3) is 0.929. The van der Waals surface area contributed by atoms with Crippen molar-refractivity contribution in [3.63, 3.8) is 0 Å². The zero-order chi connectivity index (χ0) is 12.8. The lowest BCUT2D eigenvalue weighted by Crippen LogP contribution is -2.51. The van der Waals surface area contributed by atoms with Crippen LogP contribution >= 0.6 is 0 Å². The zero-order valence-corrected chi connectivity index (χ0v) is 11.4. The van der Waals surface area contributed by atoms with Gasteiger partial charge in [-0.25, -0.2) is 0 Å². The molecule has 2 saturated heterocycles. The molecule has 102 valence electrons. The Balaban J connectivity index is 1.64.